The first-order valence-electron chi connectivity index (χ1n) is 9.37. The van der Waals surface area contributed by atoms with Gasteiger partial charge in [-0.1, -0.05) is 29.8 Å². The summed E-state index contributed by atoms with van der Waals surface area (Å²) in [6.07, 6.45) is 1.95. The lowest BCUT2D eigenvalue weighted by atomic mass is 10.1. The van der Waals surface area contributed by atoms with E-state index in [0.29, 0.717) is 0 Å². The zero-order chi connectivity index (χ0) is 21.4. The molecule has 0 amide bonds. The third-order valence-electron chi connectivity index (χ3n) is 4.61. The Morgan fingerprint density at radius 2 is 1.70 bits per heavy atom. The predicted molar refractivity (Wildman–Crippen MR) is 138 cm³/mol. The van der Waals surface area contributed by atoms with Gasteiger partial charge in [0.25, 0.3) is 0 Å². The van der Waals surface area contributed by atoms with E-state index in [-0.39, 0.29) is 0 Å². The summed E-state index contributed by atoms with van der Waals surface area (Å²) in [4.78, 5) is 5.99. The van der Waals surface area contributed by atoms with Gasteiger partial charge in [-0.15, -0.1) is 11.3 Å². The Labute approximate surface area is 198 Å². The van der Waals surface area contributed by atoms with Crippen LogP contribution >= 0.6 is 52.6 Å². The standard InChI is InChI=1S/C20H25NO3S5Si/c1-15-11-12-18(16(14-15)8-7-13-30(22-2,23-3)24-4)26-28-29-27-20-21-17-9-5-6-10-19(17)25-20/h5-6,9-12,14H,7-8,13H2,1-4H3. The lowest BCUT2D eigenvalue weighted by Gasteiger charge is -2.24. The number of benzene rings is 2. The van der Waals surface area contributed by atoms with Crippen LogP contribution in [-0.4, -0.2) is 35.1 Å². The summed E-state index contributed by atoms with van der Waals surface area (Å²) in [5.74, 6) is 0. The maximum Gasteiger partial charge on any atom is 0.500 e. The van der Waals surface area contributed by atoms with Crippen molar-refractivity contribution in [1.29, 1.82) is 0 Å². The average Bonchev–Trinajstić information content (AvgIpc) is 3.19. The molecule has 0 aliphatic rings. The average molecular weight is 516 g/mol. The van der Waals surface area contributed by atoms with Crippen LogP contribution in [0.15, 0.2) is 51.7 Å². The van der Waals surface area contributed by atoms with Gasteiger partial charge >= 0.3 is 8.80 Å². The molecule has 0 atom stereocenters. The SMILES string of the molecule is CO[Si](CCCc1cc(C)ccc1SSSSc1nc2ccccc2s1)(OC)OC. The van der Waals surface area contributed by atoms with Crippen LogP contribution < -0.4 is 0 Å². The van der Waals surface area contributed by atoms with Crippen LogP contribution in [0, 0.1) is 6.92 Å². The van der Waals surface area contributed by atoms with Gasteiger partial charge in [-0.3, -0.25) is 0 Å². The second-order valence-electron chi connectivity index (χ2n) is 6.51. The van der Waals surface area contributed by atoms with E-state index in [1.807, 2.05) is 16.9 Å². The van der Waals surface area contributed by atoms with Gasteiger partial charge in [-0.2, -0.15) is 0 Å². The van der Waals surface area contributed by atoms with E-state index in [2.05, 4.69) is 48.3 Å². The van der Waals surface area contributed by atoms with Crippen LogP contribution in [0.5, 0.6) is 0 Å². The van der Waals surface area contributed by atoms with Crippen LogP contribution in [-0.2, 0) is 19.7 Å². The van der Waals surface area contributed by atoms with Crippen molar-refractivity contribution in [2.24, 2.45) is 0 Å². The molecule has 30 heavy (non-hydrogen) atoms. The van der Waals surface area contributed by atoms with E-state index in [0.717, 1.165) is 28.7 Å². The van der Waals surface area contributed by atoms with Crippen molar-refractivity contribution < 1.29 is 13.3 Å². The van der Waals surface area contributed by atoms with Gasteiger partial charge in [0, 0.05) is 32.3 Å². The Bertz CT molecular complexity index is 910. The minimum atomic E-state index is -2.51. The highest BCUT2D eigenvalue weighted by Crippen LogP contribution is 2.51. The highest BCUT2D eigenvalue weighted by molar-refractivity contribution is 9.26. The van der Waals surface area contributed by atoms with E-state index in [1.54, 1.807) is 63.1 Å². The van der Waals surface area contributed by atoms with E-state index in [9.17, 15) is 0 Å². The van der Waals surface area contributed by atoms with Crippen LogP contribution in [0.3, 0.4) is 0 Å². The summed E-state index contributed by atoms with van der Waals surface area (Å²) < 4.78 is 19.0. The zero-order valence-electron chi connectivity index (χ0n) is 17.4. The van der Waals surface area contributed by atoms with Crippen LogP contribution in [0.4, 0.5) is 0 Å². The molecule has 3 aromatic rings. The lowest BCUT2D eigenvalue weighted by molar-refractivity contribution is 0.123. The summed E-state index contributed by atoms with van der Waals surface area (Å²) in [5.41, 5.74) is 3.72. The number of para-hydroxylation sites is 1. The zero-order valence-corrected chi connectivity index (χ0v) is 22.5. The van der Waals surface area contributed by atoms with Crippen LogP contribution in [0.25, 0.3) is 10.2 Å². The van der Waals surface area contributed by atoms with Crippen LogP contribution in [0.1, 0.15) is 17.5 Å². The maximum absolute atomic E-state index is 5.55. The molecule has 10 heteroatoms. The van der Waals surface area contributed by atoms with E-state index in [1.165, 1.54) is 20.7 Å². The number of aromatic nitrogens is 1. The third kappa shape index (κ3) is 6.66. The fourth-order valence-electron chi connectivity index (χ4n) is 3.02. The number of rotatable bonds is 12. The van der Waals surface area contributed by atoms with Gasteiger partial charge < -0.3 is 13.3 Å². The van der Waals surface area contributed by atoms with E-state index >= 15 is 0 Å². The molecule has 0 aliphatic heterocycles. The second-order valence-corrected chi connectivity index (χ2v) is 16.6. The van der Waals surface area contributed by atoms with E-state index in [4.69, 9.17) is 13.3 Å². The highest BCUT2D eigenvalue weighted by Gasteiger charge is 2.36. The van der Waals surface area contributed by atoms with E-state index < -0.39 is 8.80 Å². The van der Waals surface area contributed by atoms with Crippen molar-refractivity contribution >= 4 is 71.6 Å². The Morgan fingerprint density at radius 3 is 2.43 bits per heavy atom. The fourth-order valence-corrected chi connectivity index (χ4v) is 12.0. The highest BCUT2D eigenvalue weighted by atomic mass is 33.7. The van der Waals surface area contributed by atoms with Gasteiger partial charge in [0.1, 0.15) is 0 Å². The largest absolute Gasteiger partial charge is 0.500 e. The smallest absolute Gasteiger partial charge is 0.377 e. The lowest BCUT2D eigenvalue weighted by Crippen LogP contribution is -2.42. The van der Waals surface area contributed by atoms with Crippen molar-refractivity contribution in [2.75, 3.05) is 21.3 Å². The first-order valence-corrected chi connectivity index (χ1v) is 16.9. The van der Waals surface area contributed by atoms with Gasteiger partial charge in [0.2, 0.25) is 0 Å². The van der Waals surface area contributed by atoms with Crippen molar-refractivity contribution in [3.63, 3.8) is 0 Å². The normalized spacial score (nSPS) is 12.0. The molecule has 0 bridgehead atoms. The second kappa shape index (κ2) is 12.2. The molecule has 0 N–H and O–H groups in total. The molecule has 0 fully saturated rings. The third-order valence-corrected chi connectivity index (χ3v) is 14.9. The molecule has 0 unspecified atom stereocenters. The Balaban J connectivity index is 1.53. The quantitative estimate of drug-likeness (QED) is 0.139. The summed E-state index contributed by atoms with van der Waals surface area (Å²) in [7, 11) is 9.58. The maximum atomic E-state index is 5.55. The monoisotopic (exact) mass is 515 g/mol. The number of thiazole rings is 1. The minimum Gasteiger partial charge on any atom is -0.377 e. The van der Waals surface area contributed by atoms with Crippen molar-refractivity contribution in [1.82, 2.24) is 4.98 Å². The Morgan fingerprint density at radius 1 is 0.967 bits per heavy atom. The topological polar surface area (TPSA) is 40.6 Å². The number of nitrogens with zero attached hydrogens (tertiary/aromatic N) is 1. The summed E-state index contributed by atoms with van der Waals surface area (Å²) in [5, 5.41) is 0. The summed E-state index contributed by atoms with van der Waals surface area (Å²) >= 11 is 1.75. The van der Waals surface area contributed by atoms with Crippen molar-refractivity contribution in [3.8, 4) is 0 Å². The van der Waals surface area contributed by atoms with Gasteiger partial charge in [-0.25, -0.2) is 4.98 Å². The predicted octanol–water partition coefficient (Wildman–Crippen LogP) is 7.51. The van der Waals surface area contributed by atoms with Crippen molar-refractivity contribution in [2.45, 2.75) is 35.0 Å². The molecule has 1 heterocycles. The van der Waals surface area contributed by atoms with Gasteiger partial charge in [0.05, 0.1) is 10.2 Å². The molecular formula is C20H25NO3S5Si. The number of fused-ring (bicyclic) bond motifs is 1. The van der Waals surface area contributed by atoms with Gasteiger partial charge in [0.15, 0.2) is 4.34 Å². The minimum absolute atomic E-state index is 0.809. The number of hydrogen-bond acceptors (Lipinski definition) is 9. The van der Waals surface area contributed by atoms with Crippen molar-refractivity contribution in [3.05, 3.63) is 53.6 Å². The first kappa shape index (κ1) is 24.5. The molecule has 0 saturated heterocycles. The Kier molecular flexibility index (Phi) is 9.93. The Hall–Kier alpha value is -0.173. The molecule has 0 radical (unpaired) electrons. The summed E-state index contributed by atoms with van der Waals surface area (Å²) in [6.45, 7) is 2.14. The molecule has 0 aliphatic carbocycles. The molecule has 0 saturated carbocycles. The summed E-state index contributed by atoms with van der Waals surface area (Å²) in [6, 6.07) is 15.8. The van der Waals surface area contributed by atoms with Crippen LogP contribution in [0.2, 0.25) is 6.04 Å². The number of aryl methyl sites for hydroxylation is 2. The van der Waals surface area contributed by atoms with Gasteiger partial charge in [-0.05, 0) is 84.8 Å². The molecule has 3 rings (SSSR count). The fraction of sp³-hybridized carbons (Fsp3) is 0.350. The molecular weight excluding hydrogens is 491 g/mol. The first-order chi connectivity index (χ1) is 14.6. The molecule has 4 nitrogen and oxygen atoms in total. The number of hydrogen-bond donors (Lipinski definition) is 0. The molecule has 0 spiro atoms. The molecule has 162 valence electrons. The molecule has 2 aromatic carbocycles. The molecule has 1 aromatic heterocycles.